The Kier molecular flexibility index (Phi) is 3.94. The predicted molar refractivity (Wildman–Crippen MR) is 84.4 cm³/mol. The predicted octanol–water partition coefficient (Wildman–Crippen LogP) is 1.24. The Morgan fingerprint density at radius 3 is 2.70 bits per heavy atom. The summed E-state index contributed by atoms with van der Waals surface area (Å²) in [5, 5.41) is 12.0. The highest BCUT2D eigenvalue weighted by Crippen LogP contribution is 2.28. The van der Waals surface area contributed by atoms with Gasteiger partial charge < -0.3 is 15.4 Å². The normalized spacial score (nSPS) is 16.6. The van der Waals surface area contributed by atoms with Crippen molar-refractivity contribution >= 4 is 22.9 Å². The van der Waals surface area contributed by atoms with Gasteiger partial charge in [-0.2, -0.15) is 0 Å². The first-order valence-electron chi connectivity index (χ1n) is 7.70. The largest absolute Gasteiger partial charge is 0.480 e. The quantitative estimate of drug-likeness (QED) is 0.789. The highest BCUT2D eigenvalue weighted by atomic mass is 16.4. The first-order chi connectivity index (χ1) is 11.0. The molecule has 0 saturated heterocycles. The maximum absolute atomic E-state index is 12.4. The molecular weight excluding hydrogens is 298 g/mol. The van der Waals surface area contributed by atoms with Gasteiger partial charge in [-0.05, 0) is 37.0 Å². The van der Waals surface area contributed by atoms with E-state index in [2.05, 4.69) is 10.3 Å². The molecule has 0 radical (unpaired) electrons. The van der Waals surface area contributed by atoms with E-state index in [1.165, 1.54) is 4.57 Å². The smallest absolute Gasteiger partial charge is 0.326 e. The van der Waals surface area contributed by atoms with E-state index in [-0.39, 0.29) is 11.6 Å². The lowest BCUT2D eigenvalue weighted by Gasteiger charge is -2.20. The van der Waals surface area contributed by atoms with Crippen molar-refractivity contribution in [3.05, 3.63) is 34.2 Å². The van der Waals surface area contributed by atoms with Gasteiger partial charge in [0.15, 0.2) is 0 Å². The minimum Gasteiger partial charge on any atom is -0.480 e. The molecule has 1 amide bonds. The molecule has 0 bridgehead atoms. The number of carbonyl (C=O) groups is 2. The Balaban J connectivity index is 1.85. The van der Waals surface area contributed by atoms with Crippen molar-refractivity contribution in [3.8, 4) is 0 Å². The zero-order valence-corrected chi connectivity index (χ0v) is 12.8. The van der Waals surface area contributed by atoms with Crippen molar-refractivity contribution in [2.45, 2.75) is 31.7 Å². The fraction of sp³-hybridized carbons (Fsp3) is 0.438. The van der Waals surface area contributed by atoms with Crippen LogP contribution in [0.5, 0.6) is 0 Å². The summed E-state index contributed by atoms with van der Waals surface area (Å²) in [6, 6.07) is 3.96. The van der Waals surface area contributed by atoms with Crippen LogP contribution in [0.2, 0.25) is 0 Å². The number of nitrogens with one attached hydrogen (secondary N) is 2. The third-order valence-corrected chi connectivity index (χ3v) is 4.59. The Bertz CT molecular complexity index is 814. The molecule has 0 spiro atoms. The molecule has 1 aliphatic rings. The van der Waals surface area contributed by atoms with Gasteiger partial charge in [-0.15, -0.1) is 0 Å². The van der Waals surface area contributed by atoms with Gasteiger partial charge >= 0.3 is 11.7 Å². The van der Waals surface area contributed by atoms with Gasteiger partial charge in [-0.3, -0.25) is 9.36 Å². The number of amides is 1. The molecule has 1 atom stereocenters. The zero-order valence-electron chi connectivity index (χ0n) is 12.8. The topological polar surface area (TPSA) is 104 Å². The Morgan fingerprint density at radius 2 is 2.04 bits per heavy atom. The Labute approximate surface area is 132 Å². The summed E-state index contributed by atoms with van der Waals surface area (Å²) in [7, 11) is 1.61. The number of nitrogens with zero attached hydrogens (tertiary/aromatic N) is 1. The Morgan fingerprint density at radius 1 is 1.35 bits per heavy atom. The van der Waals surface area contributed by atoms with Crippen molar-refractivity contribution in [2.75, 3.05) is 0 Å². The van der Waals surface area contributed by atoms with Gasteiger partial charge in [0.05, 0.1) is 11.0 Å². The van der Waals surface area contributed by atoms with E-state index in [0.29, 0.717) is 16.6 Å². The van der Waals surface area contributed by atoms with Gasteiger partial charge in [0.25, 0.3) is 5.91 Å². The number of carbonyl (C=O) groups excluding carboxylic acids is 1. The number of imidazole rings is 1. The molecule has 7 heteroatoms. The van der Waals surface area contributed by atoms with Crippen LogP contribution >= 0.6 is 0 Å². The van der Waals surface area contributed by atoms with E-state index in [4.69, 9.17) is 0 Å². The lowest BCUT2D eigenvalue weighted by Crippen LogP contribution is -2.45. The fourth-order valence-electron chi connectivity index (χ4n) is 3.26. The molecule has 1 aromatic heterocycles. The number of hydrogen-bond acceptors (Lipinski definition) is 3. The van der Waals surface area contributed by atoms with Gasteiger partial charge in [0.1, 0.15) is 6.04 Å². The molecule has 23 heavy (non-hydrogen) atoms. The van der Waals surface area contributed by atoms with Crippen LogP contribution in [-0.4, -0.2) is 32.6 Å². The van der Waals surface area contributed by atoms with E-state index >= 15 is 0 Å². The van der Waals surface area contributed by atoms with Crippen LogP contribution in [0, 0.1) is 5.92 Å². The summed E-state index contributed by atoms with van der Waals surface area (Å²) in [6.07, 6.45) is 3.65. The second kappa shape index (κ2) is 5.91. The molecule has 7 nitrogen and oxygen atoms in total. The molecule has 2 aromatic rings. The van der Waals surface area contributed by atoms with Crippen LogP contribution < -0.4 is 11.0 Å². The van der Waals surface area contributed by atoms with E-state index in [0.717, 1.165) is 25.7 Å². The molecule has 3 N–H and O–H groups in total. The monoisotopic (exact) mass is 317 g/mol. The summed E-state index contributed by atoms with van der Waals surface area (Å²) >= 11 is 0. The van der Waals surface area contributed by atoms with E-state index in [1.54, 1.807) is 25.2 Å². The highest BCUT2D eigenvalue weighted by molar-refractivity contribution is 5.99. The number of rotatable bonds is 4. The number of aryl methyl sites for hydroxylation is 1. The van der Waals surface area contributed by atoms with Crippen molar-refractivity contribution in [1.82, 2.24) is 14.9 Å². The summed E-state index contributed by atoms with van der Waals surface area (Å²) in [6.45, 7) is 0. The molecule has 1 unspecified atom stereocenters. The van der Waals surface area contributed by atoms with Crippen molar-refractivity contribution < 1.29 is 14.7 Å². The van der Waals surface area contributed by atoms with Gasteiger partial charge in [0.2, 0.25) is 0 Å². The van der Waals surface area contributed by atoms with Crippen LogP contribution in [0.4, 0.5) is 0 Å². The first-order valence-corrected chi connectivity index (χ1v) is 7.70. The number of hydrogen-bond donors (Lipinski definition) is 3. The number of aliphatic carboxylic acids is 1. The number of benzene rings is 1. The van der Waals surface area contributed by atoms with Crippen molar-refractivity contribution in [2.24, 2.45) is 13.0 Å². The van der Waals surface area contributed by atoms with Crippen molar-refractivity contribution in [3.63, 3.8) is 0 Å². The number of aromatic nitrogens is 2. The van der Waals surface area contributed by atoms with Crippen LogP contribution in [0.25, 0.3) is 11.0 Å². The SMILES string of the molecule is Cn1c(=O)[nH]c2ccc(C(=O)NC(C(=O)O)C3CCCC3)cc21. The number of carboxylic acid groups (broad SMARTS) is 1. The van der Waals surface area contributed by atoms with Crippen LogP contribution in [0.15, 0.2) is 23.0 Å². The average molecular weight is 317 g/mol. The summed E-state index contributed by atoms with van der Waals surface area (Å²) in [5.74, 6) is -1.45. The molecule has 1 heterocycles. The highest BCUT2D eigenvalue weighted by Gasteiger charge is 2.32. The molecule has 1 fully saturated rings. The molecule has 1 saturated carbocycles. The molecular formula is C16H19N3O4. The second-order valence-electron chi connectivity index (χ2n) is 6.06. The molecule has 1 aliphatic carbocycles. The second-order valence-corrected chi connectivity index (χ2v) is 6.06. The fourth-order valence-corrected chi connectivity index (χ4v) is 3.26. The molecule has 3 rings (SSSR count). The minimum absolute atomic E-state index is 0.0169. The maximum atomic E-state index is 12.4. The summed E-state index contributed by atoms with van der Waals surface area (Å²) in [4.78, 5) is 38.1. The van der Waals surface area contributed by atoms with E-state index < -0.39 is 17.9 Å². The van der Waals surface area contributed by atoms with Crippen LogP contribution in [0.3, 0.4) is 0 Å². The number of aromatic amines is 1. The molecule has 122 valence electrons. The van der Waals surface area contributed by atoms with E-state index in [9.17, 15) is 19.5 Å². The summed E-state index contributed by atoms with van der Waals surface area (Å²) < 4.78 is 1.41. The number of H-pyrrole nitrogens is 1. The Hall–Kier alpha value is -2.57. The molecule has 0 aliphatic heterocycles. The lowest BCUT2D eigenvalue weighted by atomic mass is 9.98. The third-order valence-electron chi connectivity index (χ3n) is 4.59. The first kappa shape index (κ1) is 15.3. The van der Waals surface area contributed by atoms with Crippen LogP contribution in [-0.2, 0) is 11.8 Å². The van der Waals surface area contributed by atoms with Gasteiger partial charge in [-0.1, -0.05) is 12.8 Å². The van der Waals surface area contributed by atoms with Gasteiger partial charge in [-0.25, -0.2) is 9.59 Å². The lowest BCUT2D eigenvalue weighted by molar-refractivity contribution is -0.140. The number of fused-ring (bicyclic) bond motifs is 1. The van der Waals surface area contributed by atoms with Crippen LogP contribution in [0.1, 0.15) is 36.0 Å². The molecule has 1 aromatic carbocycles. The third kappa shape index (κ3) is 2.86. The zero-order chi connectivity index (χ0) is 16.6. The average Bonchev–Trinajstić information content (AvgIpc) is 3.13. The van der Waals surface area contributed by atoms with Crippen molar-refractivity contribution in [1.29, 1.82) is 0 Å². The van der Waals surface area contributed by atoms with Gasteiger partial charge in [0, 0.05) is 12.6 Å². The summed E-state index contributed by atoms with van der Waals surface area (Å²) in [5.41, 5.74) is 1.33. The standard InChI is InChI=1S/C16H19N3O4/c1-19-12-8-10(6-7-11(12)17-16(19)23)14(20)18-13(15(21)22)9-4-2-3-5-9/h6-9,13H,2-5H2,1H3,(H,17,23)(H,18,20)(H,21,22). The number of carboxylic acids is 1. The van der Waals surface area contributed by atoms with E-state index in [1.807, 2.05) is 0 Å². The maximum Gasteiger partial charge on any atom is 0.326 e. The minimum atomic E-state index is -1.000.